The maximum atomic E-state index is 12.1. The highest BCUT2D eigenvalue weighted by Gasteiger charge is 2.17. The average Bonchev–Trinajstić information content (AvgIpc) is 2.55. The van der Waals surface area contributed by atoms with Crippen molar-refractivity contribution in [1.82, 2.24) is 4.72 Å². The molecule has 0 atom stereocenters. The normalized spacial score (nSPS) is 11.3. The number of alkyl halides is 2. The fourth-order valence-electron chi connectivity index (χ4n) is 1.89. The van der Waals surface area contributed by atoms with Crippen LogP contribution in [0.4, 0.5) is 0 Å². The molecule has 0 saturated carbocycles. The zero-order chi connectivity index (χ0) is 19.7. The second kappa shape index (κ2) is 10.8. The van der Waals surface area contributed by atoms with E-state index in [-0.39, 0.29) is 15.9 Å². The Bertz CT molecular complexity index is 884. The van der Waals surface area contributed by atoms with Crippen LogP contribution in [0.5, 0.6) is 0 Å². The molecule has 1 N–H and O–H groups in total. The van der Waals surface area contributed by atoms with Crippen molar-refractivity contribution in [2.24, 2.45) is 0 Å². The molecular weight excluding hydrogens is 440 g/mol. The molecule has 0 bridgehead atoms. The number of amides is 1. The molecule has 0 aliphatic rings. The average molecular weight is 455 g/mol. The van der Waals surface area contributed by atoms with Gasteiger partial charge in [0, 0.05) is 5.02 Å². The molecule has 1 amide bonds. The maximum absolute atomic E-state index is 12.1. The second-order valence-electron chi connectivity index (χ2n) is 4.87. The minimum atomic E-state index is -3.96. The fourth-order valence-corrected chi connectivity index (χ4v) is 3.41. The third kappa shape index (κ3) is 7.56. The minimum absolute atomic E-state index is 0.0328. The number of hydrogen-bond donors (Lipinski definition) is 1. The number of nitrogens with one attached hydrogen (secondary N) is 1. The highest BCUT2D eigenvalue weighted by molar-refractivity contribution is 7.93. The van der Waals surface area contributed by atoms with Gasteiger partial charge >= 0.3 is 0 Å². The zero-order valence-electron chi connectivity index (χ0n) is 13.5. The Hall–Kier alpha value is -1.24. The lowest BCUT2D eigenvalue weighted by atomic mass is 10.1. The van der Waals surface area contributed by atoms with Crippen molar-refractivity contribution in [3.8, 4) is 0 Å². The van der Waals surface area contributed by atoms with Crippen LogP contribution in [0.2, 0.25) is 10.0 Å². The molecule has 0 heterocycles. The molecule has 4 nitrogen and oxygen atoms in total. The second-order valence-corrected chi connectivity index (χ2v) is 8.05. The van der Waals surface area contributed by atoms with Crippen LogP contribution in [-0.2, 0) is 10.0 Å². The van der Waals surface area contributed by atoms with Gasteiger partial charge < -0.3 is 0 Å². The number of sulfonamides is 1. The molecule has 2 rings (SSSR count). The lowest BCUT2D eigenvalue weighted by molar-refractivity contribution is 0.0982. The van der Waals surface area contributed by atoms with Crippen LogP contribution in [0, 0.1) is 0 Å². The lowest BCUT2D eigenvalue weighted by Crippen LogP contribution is -2.29. The first-order chi connectivity index (χ1) is 12.2. The van der Waals surface area contributed by atoms with Crippen molar-refractivity contribution in [2.45, 2.75) is 6.92 Å². The van der Waals surface area contributed by atoms with Crippen molar-refractivity contribution in [2.75, 3.05) is 5.34 Å². The first kappa shape index (κ1) is 22.8. The van der Waals surface area contributed by atoms with Crippen LogP contribution >= 0.6 is 46.4 Å². The number of carbonyl (C=O) groups is 1. The highest BCUT2D eigenvalue weighted by atomic mass is 35.5. The summed E-state index contributed by atoms with van der Waals surface area (Å²) in [6.45, 7) is 1.65. The smallest absolute Gasteiger partial charge is 0.266 e. The van der Waals surface area contributed by atoms with E-state index in [2.05, 4.69) is 0 Å². The summed E-state index contributed by atoms with van der Waals surface area (Å²) in [6.07, 6.45) is 0. The molecule has 0 unspecified atom stereocenters. The van der Waals surface area contributed by atoms with Gasteiger partial charge in [0.05, 0.1) is 21.3 Å². The summed E-state index contributed by atoms with van der Waals surface area (Å²) in [6, 6.07) is 13.2. The number of allylic oxidation sites excluding steroid dienone is 1. The maximum Gasteiger partial charge on any atom is 0.266 e. The van der Waals surface area contributed by atoms with Gasteiger partial charge in [-0.1, -0.05) is 53.5 Å². The Kier molecular flexibility index (Phi) is 9.47. The Morgan fingerprint density at radius 1 is 1.08 bits per heavy atom. The van der Waals surface area contributed by atoms with E-state index in [1.54, 1.807) is 31.2 Å². The van der Waals surface area contributed by atoms with Crippen LogP contribution in [0.3, 0.4) is 0 Å². The number of benzene rings is 2. The first-order valence-electron chi connectivity index (χ1n) is 7.08. The van der Waals surface area contributed by atoms with Crippen LogP contribution in [-0.4, -0.2) is 19.7 Å². The topological polar surface area (TPSA) is 63.2 Å². The van der Waals surface area contributed by atoms with Gasteiger partial charge in [0.25, 0.3) is 15.9 Å². The number of hydrogen-bond acceptors (Lipinski definition) is 3. The van der Waals surface area contributed by atoms with Gasteiger partial charge in [0.1, 0.15) is 0 Å². The van der Waals surface area contributed by atoms with Gasteiger partial charge in [-0.2, -0.15) is 0 Å². The van der Waals surface area contributed by atoms with Gasteiger partial charge in [-0.3, -0.25) is 4.79 Å². The number of carbonyl (C=O) groups excluding carboxylic acids is 1. The summed E-state index contributed by atoms with van der Waals surface area (Å²) in [4.78, 5) is 12.1. The van der Waals surface area contributed by atoms with Crippen molar-refractivity contribution in [3.63, 3.8) is 0 Å². The van der Waals surface area contributed by atoms with Crippen LogP contribution in [0.1, 0.15) is 22.8 Å². The fraction of sp³-hybridized carbons (Fsp3) is 0.118. The Labute approximate surface area is 172 Å². The standard InChI is InChI=1S/C16H13Cl2NO3S.CH2Cl2/c1-11(12-5-3-2-4-6-12)10-23(21,22)19-16(20)14-8-7-13(17)9-15(14)18;2-1-3/h2-10H,1H3,(H,19,20);1H2. The SMILES string of the molecule is CC(=CS(=O)(=O)NC(=O)c1ccc(Cl)cc1Cl)c1ccccc1.ClCCl. The molecule has 2 aromatic carbocycles. The van der Waals surface area contributed by atoms with Crippen molar-refractivity contribution < 1.29 is 13.2 Å². The predicted molar refractivity (Wildman–Crippen MR) is 110 cm³/mol. The van der Waals surface area contributed by atoms with Crippen molar-refractivity contribution in [3.05, 3.63) is 75.1 Å². The lowest BCUT2D eigenvalue weighted by Gasteiger charge is -2.07. The molecule has 140 valence electrons. The van der Waals surface area contributed by atoms with Crippen LogP contribution < -0.4 is 4.72 Å². The van der Waals surface area contributed by atoms with Crippen LogP contribution in [0.15, 0.2) is 53.9 Å². The van der Waals surface area contributed by atoms with Gasteiger partial charge in [-0.25, -0.2) is 13.1 Å². The Balaban J connectivity index is 0.00000105. The molecule has 0 aliphatic heterocycles. The van der Waals surface area contributed by atoms with E-state index in [1.165, 1.54) is 18.2 Å². The molecule has 0 saturated heterocycles. The van der Waals surface area contributed by atoms with E-state index in [0.717, 1.165) is 11.0 Å². The zero-order valence-corrected chi connectivity index (χ0v) is 17.4. The summed E-state index contributed by atoms with van der Waals surface area (Å²) in [5.74, 6) is -0.816. The first-order valence-corrected chi connectivity index (χ1v) is 10.4. The van der Waals surface area contributed by atoms with E-state index in [4.69, 9.17) is 46.4 Å². The molecule has 0 fully saturated rings. The quantitative estimate of drug-likeness (QED) is 0.617. The van der Waals surface area contributed by atoms with E-state index in [0.29, 0.717) is 10.6 Å². The van der Waals surface area contributed by atoms with Crippen LogP contribution in [0.25, 0.3) is 5.57 Å². The number of halogens is 4. The third-order valence-electron chi connectivity index (χ3n) is 2.97. The molecule has 0 spiro atoms. The van der Waals surface area contributed by atoms with Crippen molar-refractivity contribution >= 4 is 67.9 Å². The molecule has 0 aliphatic carbocycles. The predicted octanol–water partition coefficient (Wildman–Crippen LogP) is 5.54. The molecule has 9 heteroatoms. The molecule has 0 radical (unpaired) electrons. The van der Waals surface area contributed by atoms with E-state index in [1.807, 2.05) is 10.8 Å². The van der Waals surface area contributed by atoms with Gasteiger partial charge in [-0.05, 0) is 36.3 Å². The minimum Gasteiger partial charge on any atom is -0.268 e. The summed E-state index contributed by atoms with van der Waals surface area (Å²) < 4.78 is 26.2. The van der Waals surface area contributed by atoms with Gasteiger partial charge in [-0.15, -0.1) is 23.2 Å². The van der Waals surface area contributed by atoms with E-state index >= 15 is 0 Å². The monoisotopic (exact) mass is 453 g/mol. The summed E-state index contributed by atoms with van der Waals surface area (Å²) >= 11 is 21.2. The summed E-state index contributed by atoms with van der Waals surface area (Å²) in [7, 11) is -3.96. The van der Waals surface area contributed by atoms with E-state index < -0.39 is 15.9 Å². The highest BCUT2D eigenvalue weighted by Crippen LogP contribution is 2.21. The largest absolute Gasteiger partial charge is 0.268 e. The molecular formula is C17H15Cl4NO3S. The van der Waals surface area contributed by atoms with Crippen molar-refractivity contribution in [1.29, 1.82) is 0 Å². The van der Waals surface area contributed by atoms with Gasteiger partial charge in [0.15, 0.2) is 0 Å². The number of rotatable bonds is 4. The molecule has 0 aromatic heterocycles. The summed E-state index contributed by atoms with van der Waals surface area (Å²) in [5, 5.41) is 1.63. The summed E-state index contributed by atoms with van der Waals surface area (Å²) in [5.41, 5.74) is 1.29. The van der Waals surface area contributed by atoms with Gasteiger partial charge in [0.2, 0.25) is 0 Å². The van der Waals surface area contributed by atoms with E-state index in [9.17, 15) is 13.2 Å². The molecule has 26 heavy (non-hydrogen) atoms. The molecule has 2 aromatic rings. The Morgan fingerprint density at radius 3 is 2.19 bits per heavy atom. The third-order valence-corrected chi connectivity index (χ3v) is 4.65. The Morgan fingerprint density at radius 2 is 1.65 bits per heavy atom.